The minimum Gasteiger partial charge on any atom is -0.403 e. The van der Waals surface area contributed by atoms with E-state index in [1.54, 1.807) is 0 Å². The number of nitrogens with zero attached hydrogens (tertiary/aromatic N) is 3. The van der Waals surface area contributed by atoms with Gasteiger partial charge in [0.15, 0.2) is 9.84 Å². The number of carbonyl (C=O) groups is 1. The molecule has 3 aromatic rings. The Morgan fingerprint density at radius 3 is 2.06 bits per heavy atom. The lowest BCUT2D eigenvalue weighted by molar-refractivity contribution is -0.0440. The highest BCUT2D eigenvalue weighted by Gasteiger charge is 2.32. The van der Waals surface area contributed by atoms with E-state index in [9.17, 15) is 21.6 Å². The van der Waals surface area contributed by atoms with E-state index in [2.05, 4.69) is 15.5 Å². The van der Waals surface area contributed by atoms with Gasteiger partial charge >= 0.3 is 6.01 Å². The Hall–Kier alpha value is -3.13. The quantitative estimate of drug-likeness (QED) is 0.516. The fourth-order valence-electron chi connectivity index (χ4n) is 3.66. The topological polar surface area (TPSA) is 149 Å². The summed E-state index contributed by atoms with van der Waals surface area (Å²) in [7, 11) is -7.06. The van der Waals surface area contributed by atoms with Crippen LogP contribution in [0.4, 0.5) is 6.01 Å². The maximum Gasteiger partial charge on any atom is 0.322 e. The van der Waals surface area contributed by atoms with Gasteiger partial charge in [0.05, 0.1) is 22.0 Å². The smallest absolute Gasteiger partial charge is 0.322 e. The molecule has 2 aromatic carbocycles. The average Bonchev–Trinajstić information content (AvgIpc) is 3.26. The van der Waals surface area contributed by atoms with E-state index in [1.165, 1.54) is 52.8 Å². The van der Waals surface area contributed by atoms with Gasteiger partial charge in [0, 0.05) is 30.5 Å². The molecule has 4 rings (SSSR count). The number of aromatic nitrogens is 2. The lowest BCUT2D eigenvalue weighted by Crippen LogP contribution is -2.48. The molecule has 2 atom stereocenters. The molecule has 1 saturated heterocycles. The molecule has 13 heteroatoms. The van der Waals surface area contributed by atoms with Crippen LogP contribution in [-0.4, -0.2) is 68.8 Å². The normalized spacial score (nSPS) is 19.4. The average molecular weight is 521 g/mol. The summed E-state index contributed by atoms with van der Waals surface area (Å²) in [6, 6.07) is 11.3. The highest BCUT2D eigenvalue weighted by Crippen LogP contribution is 2.23. The van der Waals surface area contributed by atoms with Crippen molar-refractivity contribution in [1.82, 2.24) is 14.5 Å². The highest BCUT2D eigenvalue weighted by atomic mass is 32.2. The van der Waals surface area contributed by atoms with Crippen molar-refractivity contribution < 1.29 is 30.8 Å². The predicted molar refractivity (Wildman–Crippen MR) is 126 cm³/mol. The molecule has 2 heterocycles. The summed E-state index contributed by atoms with van der Waals surface area (Å²) >= 11 is 0. The first-order valence-electron chi connectivity index (χ1n) is 10.6. The third-order valence-electron chi connectivity index (χ3n) is 5.32. The number of ether oxygens (including phenoxy) is 1. The second kappa shape index (κ2) is 9.49. The summed E-state index contributed by atoms with van der Waals surface area (Å²) in [5.41, 5.74) is 0.677. The van der Waals surface area contributed by atoms with Crippen LogP contribution < -0.4 is 5.32 Å². The molecule has 0 bridgehead atoms. The Balaban J connectivity index is 1.44. The van der Waals surface area contributed by atoms with Gasteiger partial charge in [-0.2, -0.15) is 4.31 Å². The van der Waals surface area contributed by atoms with Gasteiger partial charge in [-0.05, 0) is 62.4 Å². The number of amides is 1. The molecule has 0 saturated carbocycles. The molecule has 35 heavy (non-hydrogen) atoms. The summed E-state index contributed by atoms with van der Waals surface area (Å²) < 4.78 is 61.5. The van der Waals surface area contributed by atoms with Crippen molar-refractivity contribution in [2.75, 3.05) is 24.7 Å². The van der Waals surface area contributed by atoms with Crippen molar-refractivity contribution in [2.45, 2.75) is 35.8 Å². The van der Waals surface area contributed by atoms with E-state index < -0.39 is 25.8 Å². The summed E-state index contributed by atoms with van der Waals surface area (Å²) in [6.07, 6.45) is 0.680. The Bertz CT molecular complexity index is 1420. The van der Waals surface area contributed by atoms with Crippen LogP contribution in [0.25, 0.3) is 11.5 Å². The standard InChI is InChI=1S/C22H24N4O7S2/c1-14-12-26(13-15(2)32-14)35(30,31)19-10-4-16(5-11-19)20(27)23-22-25-24-21(33-22)17-6-8-18(9-7-17)34(3,28)29/h4-11,14-15H,12-13H2,1-3H3,(H,23,25,27). The van der Waals surface area contributed by atoms with Crippen LogP contribution in [0.15, 0.2) is 62.7 Å². The highest BCUT2D eigenvalue weighted by molar-refractivity contribution is 7.90. The van der Waals surface area contributed by atoms with Crippen LogP contribution in [0.1, 0.15) is 24.2 Å². The van der Waals surface area contributed by atoms with E-state index in [0.717, 1.165) is 6.26 Å². The Morgan fingerprint density at radius 2 is 1.49 bits per heavy atom. The van der Waals surface area contributed by atoms with Crippen molar-refractivity contribution in [1.29, 1.82) is 0 Å². The molecule has 1 N–H and O–H groups in total. The van der Waals surface area contributed by atoms with Gasteiger partial charge in [0.25, 0.3) is 5.91 Å². The molecule has 1 aromatic heterocycles. The first-order chi connectivity index (χ1) is 16.4. The fourth-order valence-corrected chi connectivity index (χ4v) is 5.88. The van der Waals surface area contributed by atoms with E-state index in [-0.39, 0.29) is 52.6 Å². The molecular formula is C22H24N4O7S2. The maximum atomic E-state index is 13.0. The summed E-state index contributed by atoms with van der Waals surface area (Å²) in [5, 5.41) is 10.1. The molecule has 0 aliphatic carbocycles. The predicted octanol–water partition coefficient (Wildman–Crippen LogP) is 2.19. The molecule has 2 unspecified atom stereocenters. The number of hydrogen-bond acceptors (Lipinski definition) is 9. The lowest BCUT2D eigenvalue weighted by Gasteiger charge is -2.34. The van der Waals surface area contributed by atoms with Crippen LogP contribution in [0, 0.1) is 0 Å². The monoisotopic (exact) mass is 520 g/mol. The van der Waals surface area contributed by atoms with Crippen LogP contribution in [0.5, 0.6) is 0 Å². The minimum absolute atomic E-state index is 0.0768. The zero-order valence-electron chi connectivity index (χ0n) is 19.2. The van der Waals surface area contributed by atoms with E-state index >= 15 is 0 Å². The van der Waals surface area contributed by atoms with Gasteiger partial charge in [0.1, 0.15) is 0 Å². The largest absolute Gasteiger partial charge is 0.403 e. The number of rotatable bonds is 6. The number of benzene rings is 2. The van der Waals surface area contributed by atoms with E-state index in [4.69, 9.17) is 9.15 Å². The first-order valence-corrected chi connectivity index (χ1v) is 14.0. The Morgan fingerprint density at radius 1 is 0.914 bits per heavy atom. The molecule has 11 nitrogen and oxygen atoms in total. The number of anilines is 1. The number of nitrogens with one attached hydrogen (secondary N) is 1. The van der Waals surface area contributed by atoms with Crippen LogP contribution >= 0.6 is 0 Å². The minimum atomic E-state index is -3.73. The van der Waals surface area contributed by atoms with Crippen molar-refractivity contribution >= 4 is 31.8 Å². The number of morpholine rings is 1. The van der Waals surface area contributed by atoms with Gasteiger partial charge < -0.3 is 9.15 Å². The molecule has 1 aliphatic heterocycles. The van der Waals surface area contributed by atoms with Gasteiger partial charge in [-0.1, -0.05) is 5.10 Å². The molecule has 186 valence electrons. The number of sulfone groups is 1. The molecule has 1 fully saturated rings. The van der Waals surface area contributed by atoms with Gasteiger partial charge in [-0.25, -0.2) is 16.8 Å². The van der Waals surface area contributed by atoms with E-state index in [1.807, 2.05) is 13.8 Å². The molecule has 1 aliphatic rings. The Labute approximate surface area is 203 Å². The summed E-state index contributed by atoms with van der Waals surface area (Å²) in [6.45, 7) is 4.15. The summed E-state index contributed by atoms with van der Waals surface area (Å²) in [5.74, 6) is -0.471. The third-order valence-corrected chi connectivity index (χ3v) is 8.29. The van der Waals surface area contributed by atoms with Crippen molar-refractivity contribution in [3.8, 4) is 11.5 Å². The number of hydrogen-bond donors (Lipinski definition) is 1. The fraction of sp³-hybridized carbons (Fsp3) is 0.318. The molecule has 0 radical (unpaired) electrons. The molecule has 0 spiro atoms. The van der Waals surface area contributed by atoms with Crippen molar-refractivity contribution in [3.63, 3.8) is 0 Å². The third kappa shape index (κ3) is 5.59. The van der Waals surface area contributed by atoms with Gasteiger partial charge in [0.2, 0.25) is 15.9 Å². The zero-order valence-corrected chi connectivity index (χ0v) is 20.8. The molecular weight excluding hydrogens is 496 g/mol. The zero-order chi connectivity index (χ0) is 25.4. The maximum absolute atomic E-state index is 13.0. The van der Waals surface area contributed by atoms with Gasteiger partial charge in [-0.3, -0.25) is 10.1 Å². The number of carbonyl (C=O) groups excluding carboxylic acids is 1. The summed E-state index contributed by atoms with van der Waals surface area (Å²) in [4.78, 5) is 12.8. The Kier molecular flexibility index (Phi) is 6.77. The second-order valence-corrected chi connectivity index (χ2v) is 12.2. The van der Waals surface area contributed by atoms with Crippen molar-refractivity contribution in [2.24, 2.45) is 0 Å². The van der Waals surface area contributed by atoms with Crippen LogP contribution in [0.2, 0.25) is 0 Å². The van der Waals surface area contributed by atoms with E-state index in [0.29, 0.717) is 5.56 Å². The lowest BCUT2D eigenvalue weighted by atomic mass is 10.2. The van der Waals surface area contributed by atoms with Crippen LogP contribution in [-0.2, 0) is 24.6 Å². The van der Waals surface area contributed by atoms with Crippen molar-refractivity contribution in [3.05, 3.63) is 54.1 Å². The van der Waals surface area contributed by atoms with Gasteiger partial charge in [-0.15, -0.1) is 5.10 Å². The molecule has 1 amide bonds. The van der Waals surface area contributed by atoms with Crippen LogP contribution in [0.3, 0.4) is 0 Å². The first kappa shape index (κ1) is 25.0. The second-order valence-electron chi connectivity index (χ2n) is 8.27. The SMILES string of the molecule is CC1CN(S(=O)(=O)c2ccc(C(=O)Nc3nnc(-c4ccc(S(C)(=O)=O)cc4)o3)cc2)CC(C)O1. The number of sulfonamides is 1.